The minimum atomic E-state index is -0.238. The maximum absolute atomic E-state index is 12.9. The Morgan fingerprint density at radius 2 is 1.74 bits per heavy atom. The van der Waals surface area contributed by atoms with Crippen molar-refractivity contribution in [3.8, 4) is 0 Å². The van der Waals surface area contributed by atoms with E-state index in [2.05, 4.69) is 15.6 Å². The van der Waals surface area contributed by atoms with Crippen molar-refractivity contribution < 1.29 is 9.18 Å². The molecule has 0 aliphatic rings. The molecule has 5 heteroatoms. The molecule has 2 aromatic carbocycles. The normalized spacial score (nSPS) is 10.5. The number of nitrogens with one attached hydrogen (secondary N) is 2. The summed E-state index contributed by atoms with van der Waals surface area (Å²) in [5.41, 5.74) is 5.37. The van der Waals surface area contributed by atoms with Crippen LogP contribution in [0.5, 0.6) is 0 Å². The first-order chi connectivity index (χ1) is 13.0. The Morgan fingerprint density at radius 1 is 0.963 bits per heavy atom. The minimum Gasteiger partial charge on any atom is -0.383 e. The summed E-state index contributed by atoms with van der Waals surface area (Å²) in [6, 6.07) is 14.0. The summed E-state index contributed by atoms with van der Waals surface area (Å²) in [7, 11) is 0. The zero-order valence-corrected chi connectivity index (χ0v) is 15.4. The predicted octanol–water partition coefficient (Wildman–Crippen LogP) is 4.74. The molecule has 4 nitrogen and oxygen atoms in total. The molecular formula is C22H22FN3O. The number of pyridine rings is 1. The van der Waals surface area contributed by atoms with Gasteiger partial charge >= 0.3 is 0 Å². The largest absolute Gasteiger partial charge is 0.383 e. The van der Waals surface area contributed by atoms with Gasteiger partial charge < -0.3 is 10.6 Å². The molecule has 0 radical (unpaired) electrons. The van der Waals surface area contributed by atoms with Gasteiger partial charge in [-0.3, -0.25) is 9.78 Å². The average molecular weight is 363 g/mol. The second kappa shape index (κ2) is 8.45. The van der Waals surface area contributed by atoms with E-state index in [9.17, 15) is 9.18 Å². The first kappa shape index (κ1) is 18.6. The molecule has 0 saturated heterocycles. The van der Waals surface area contributed by atoms with Crippen molar-refractivity contribution >= 4 is 17.3 Å². The average Bonchev–Trinajstić information content (AvgIpc) is 2.66. The summed E-state index contributed by atoms with van der Waals surface area (Å²) in [4.78, 5) is 16.6. The lowest BCUT2D eigenvalue weighted by Gasteiger charge is -2.10. The molecule has 0 aliphatic carbocycles. The van der Waals surface area contributed by atoms with Gasteiger partial charge in [-0.2, -0.15) is 0 Å². The number of benzene rings is 2. The molecule has 0 bridgehead atoms. The number of aryl methyl sites for hydroxylation is 2. The quantitative estimate of drug-likeness (QED) is 0.665. The third-order valence-electron chi connectivity index (χ3n) is 4.42. The molecule has 0 atom stereocenters. The third kappa shape index (κ3) is 5.14. The molecule has 1 heterocycles. The first-order valence-corrected chi connectivity index (χ1v) is 8.83. The Balaban J connectivity index is 1.59. The Labute approximate surface area is 158 Å². The molecule has 3 rings (SSSR count). The molecular weight excluding hydrogens is 341 g/mol. The van der Waals surface area contributed by atoms with E-state index < -0.39 is 0 Å². The van der Waals surface area contributed by atoms with E-state index in [1.165, 1.54) is 17.7 Å². The van der Waals surface area contributed by atoms with E-state index >= 15 is 0 Å². The third-order valence-corrected chi connectivity index (χ3v) is 4.42. The molecule has 0 unspecified atom stereocenters. The van der Waals surface area contributed by atoms with E-state index in [0.29, 0.717) is 12.1 Å². The van der Waals surface area contributed by atoms with Gasteiger partial charge in [0.1, 0.15) is 5.82 Å². The number of carbonyl (C=O) groups excluding carboxylic acids is 1. The standard InChI is InChI=1S/C22H22FN3O/c1-15-3-8-20(11-16(15)2)26-22(27)18-12-21(14-24-13-18)25-10-9-17-4-6-19(23)7-5-17/h3-8,11-14,25H,9-10H2,1-2H3,(H,26,27). The van der Waals surface area contributed by atoms with Gasteiger partial charge in [-0.05, 0) is 67.3 Å². The van der Waals surface area contributed by atoms with Crippen LogP contribution in [-0.4, -0.2) is 17.4 Å². The fourth-order valence-corrected chi connectivity index (χ4v) is 2.69. The van der Waals surface area contributed by atoms with Gasteiger partial charge in [0, 0.05) is 24.6 Å². The molecule has 0 saturated carbocycles. The number of anilines is 2. The molecule has 3 aromatic rings. The van der Waals surface area contributed by atoms with Gasteiger partial charge in [0.15, 0.2) is 0 Å². The Kier molecular flexibility index (Phi) is 5.81. The molecule has 27 heavy (non-hydrogen) atoms. The zero-order chi connectivity index (χ0) is 19.2. The van der Waals surface area contributed by atoms with Gasteiger partial charge in [-0.25, -0.2) is 4.39 Å². The summed E-state index contributed by atoms with van der Waals surface area (Å²) in [6.45, 7) is 4.71. The van der Waals surface area contributed by atoms with Crippen LogP contribution in [0.15, 0.2) is 60.9 Å². The zero-order valence-electron chi connectivity index (χ0n) is 15.4. The molecule has 0 fully saturated rings. The topological polar surface area (TPSA) is 54.0 Å². The number of nitrogens with zero attached hydrogens (tertiary/aromatic N) is 1. The van der Waals surface area contributed by atoms with Crippen molar-refractivity contribution in [1.29, 1.82) is 0 Å². The SMILES string of the molecule is Cc1ccc(NC(=O)c2cncc(NCCc3ccc(F)cc3)c2)cc1C. The van der Waals surface area contributed by atoms with Gasteiger partial charge in [0.05, 0.1) is 11.3 Å². The van der Waals surface area contributed by atoms with Crippen LogP contribution in [0.2, 0.25) is 0 Å². The Hall–Kier alpha value is -3.21. The number of carbonyl (C=O) groups is 1. The number of aromatic nitrogens is 1. The highest BCUT2D eigenvalue weighted by atomic mass is 19.1. The van der Waals surface area contributed by atoms with Crippen LogP contribution in [0.4, 0.5) is 15.8 Å². The summed E-state index contributed by atoms with van der Waals surface area (Å²) in [5, 5.41) is 6.15. The number of hydrogen-bond donors (Lipinski definition) is 2. The van der Waals surface area contributed by atoms with E-state index in [-0.39, 0.29) is 11.7 Å². The monoisotopic (exact) mass is 363 g/mol. The van der Waals surface area contributed by atoms with Crippen LogP contribution >= 0.6 is 0 Å². The fraction of sp³-hybridized carbons (Fsp3) is 0.182. The van der Waals surface area contributed by atoms with E-state index in [4.69, 9.17) is 0 Å². The molecule has 2 N–H and O–H groups in total. The second-order valence-electron chi connectivity index (χ2n) is 6.52. The summed E-state index contributed by atoms with van der Waals surface area (Å²) in [5.74, 6) is -0.439. The van der Waals surface area contributed by atoms with Crippen molar-refractivity contribution in [3.63, 3.8) is 0 Å². The summed E-state index contributed by atoms with van der Waals surface area (Å²) in [6.07, 6.45) is 3.97. The lowest BCUT2D eigenvalue weighted by molar-refractivity contribution is 0.102. The van der Waals surface area contributed by atoms with Crippen molar-refractivity contribution in [1.82, 2.24) is 4.98 Å². The van der Waals surface area contributed by atoms with E-state index in [0.717, 1.165) is 28.9 Å². The van der Waals surface area contributed by atoms with Gasteiger partial charge in [0.2, 0.25) is 0 Å². The maximum atomic E-state index is 12.9. The van der Waals surface area contributed by atoms with E-state index in [1.807, 2.05) is 32.0 Å². The molecule has 1 aromatic heterocycles. The highest BCUT2D eigenvalue weighted by molar-refractivity contribution is 6.04. The van der Waals surface area contributed by atoms with Crippen LogP contribution in [0.3, 0.4) is 0 Å². The molecule has 138 valence electrons. The van der Waals surface area contributed by atoms with Crippen molar-refractivity contribution in [3.05, 3.63) is 89.0 Å². The first-order valence-electron chi connectivity index (χ1n) is 8.83. The van der Waals surface area contributed by atoms with Crippen LogP contribution in [0, 0.1) is 19.7 Å². The van der Waals surface area contributed by atoms with Crippen molar-refractivity contribution in [2.24, 2.45) is 0 Å². The number of amides is 1. The number of halogens is 1. The molecule has 0 aliphatic heterocycles. The lowest BCUT2D eigenvalue weighted by Crippen LogP contribution is -2.13. The van der Waals surface area contributed by atoms with Gasteiger partial charge in [-0.15, -0.1) is 0 Å². The van der Waals surface area contributed by atoms with Crippen LogP contribution in [0.1, 0.15) is 27.0 Å². The Morgan fingerprint density at radius 3 is 2.48 bits per heavy atom. The van der Waals surface area contributed by atoms with E-state index in [1.54, 1.807) is 30.6 Å². The highest BCUT2D eigenvalue weighted by Gasteiger charge is 2.08. The summed E-state index contributed by atoms with van der Waals surface area (Å²) >= 11 is 0. The highest BCUT2D eigenvalue weighted by Crippen LogP contribution is 2.16. The molecule has 0 spiro atoms. The maximum Gasteiger partial charge on any atom is 0.257 e. The second-order valence-corrected chi connectivity index (χ2v) is 6.52. The van der Waals surface area contributed by atoms with Gasteiger partial charge in [0.25, 0.3) is 5.91 Å². The smallest absolute Gasteiger partial charge is 0.257 e. The minimum absolute atomic E-state index is 0.201. The van der Waals surface area contributed by atoms with Crippen molar-refractivity contribution in [2.45, 2.75) is 20.3 Å². The van der Waals surface area contributed by atoms with Crippen LogP contribution in [-0.2, 0) is 6.42 Å². The number of hydrogen-bond acceptors (Lipinski definition) is 3. The van der Waals surface area contributed by atoms with Gasteiger partial charge in [-0.1, -0.05) is 18.2 Å². The number of rotatable bonds is 6. The predicted molar refractivity (Wildman–Crippen MR) is 107 cm³/mol. The fourth-order valence-electron chi connectivity index (χ4n) is 2.69. The summed E-state index contributed by atoms with van der Waals surface area (Å²) < 4.78 is 12.9. The van der Waals surface area contributed by atoms with Crippen LogP contribution < -0.4 is 10.6 Å². The van der Waals surface area contributed by atoms with Crippen LogP contribution in [0.25, 0.3) is 0 Å². The lowest BCUT2D eigenvalue weighted by atomic mass is 10.1. The Bertz CT molecular complexity index is 939. The molecule has 1 amide bonds. The van der Waals surface area contributed by atoms with Crippen molar-refractivity contribution in [2.75, 3.05) is 17.2 Å².